The first-order valence-electron chi connectivity index (χ1n) is 5.12. The average molecular weight is 217 g/mol. The number of ether oxygens (including phenoxy) is 1. The molecule has 0 aliphatic rings. The van der Waals surface area contributed by atoms with Gasteiger partial charge in [-0.25, -0.2) is 4.79 Å². The molecule has 16 heavy (non-hydrogen) atoms. The maximum atomic E-state index is 11.5. The number of carbonyl (C=O) groups is 1. The number of hydrogen-bond donors (Lipinski definition) is 1. The number of terminal acetylenes is 1. The monoisotopic (exact) mass is 217 g/mol. The van der Waals surface area contributed by atoms with Crippen molar-refractivity contribution >= 4 is 11.7 Å². The summed E-state index contributed by atoms with van der Waals surface area (Å²) in [5.74, 6) is 2.17. The van der Waals surface area contributed by atoms with Crippen LogP contribution in [0.15, 0.2) is 24.3 Å². The summed E-state index contributed by atoms with van der Waals surface area (Å²) in [5.41, 5.74) is 1.43. The molecule has 0 heterocycles. The van der Waals surface area contributed by atoms with Gasteiger partial charge >= 0.3 is 5.97 Å². The molecule has 1 N–H and O–H groups in total. The zero-order valence-electron chi connectivity index (χ0n) is 9.49. The Labute approximate surface area is 95.8 Å². The number of anilines is 1. The Hall–Kier alpha value is -1.95. The smallest absolute Gasteiger partial charge is 0.338 e. The van der Waals surface area contributed by atoms with Crippen molar-refractivity contribution < 1.29 is 9.53 Å². The molecule has 0 unspecified atom stereocenters. The molecule has 1 rings (SSSR count). The number of carbonyl (C=O) groups excluding carboxylic acids is 1. The summed E-state index contributed by atoms with van der Waals surface area (Å²) in [6.07, 6.45) is 5.02. The molecule has 0 atom stereocenters. The Balaban J connectivity index is 2.64. The van der Waals surface area contributed by atoms with Crippen molar-refractivity contribution in [2.45, 2.75) is 20.0 Å². The van der Waals surface area contributed by atoms with Crippen molar-refractivity contribution in [3.8, 4) is 12.3 Å². The second kappa shape index (κ2) is 5.82. The van der Waals surface area contributed by atoms with E-state index in [0.717, 1.165) is 5.69 Å². The largest absolute Gasteiger partial charge is 0.459 e. The molecular formula is C13H15NO2. The Kier molecular flexibility index (Phi) is 4.41. The van der Waals surface area contributed by atoms with Gasteiger partial charge in [0, 0.05) is 5.69 Å². The lowest BCUT2D eigenvalue weighted by molar-refractivity contribution is 0.0378. The van der Waals surface area contributed by atoms with Gasteiger partial charge in [-0.2, -0.15) is 0 Å². The van der Waals surface area contributed by atoms with E-state index < -0.39 is 0 Å². The van der Waals surface area contributed by atoms with Gasteiger partial charge < -0.3 is 10.1 Å². The highest BCUT2D eigenvalue weighted by molar-refractivity contribution is 5.89. The van der Waals surface area contributed by atoms with Gasteiger partial charge in [-0.3, -0.25) is 0 Å². The van der Waals surface area contributed by atoms with Crippen LogP contribution in [0.3, 0.4) is 0 Å². The summed E-state index contributed by atoms with van der Waals surface area (Å²) in [4.78, 5) is 11.5. The van der Waals surface area contributed by atoms with Crippen LogP contribution in [0.1, 0.15) is 24.2 Å². The van der Waals surface area contributed by atoms with Crippen molar-refractivity contribution in [1.82, 2.24) is 0 Å². The summed E-state index contributed by atoms with van der Waals surface area (Å²) in [7, 11) is 0. The minimum absolute atomic E-state index is 0.105. The Bertz CT molecular complexity index is 387. The highest BCUT2D eigenvalue weighted by atomic mass is 16.5. The minimum Gasteiger partial charge on any atom is -0.459 e. The van der Waals surface area contributed by atoms with Crippen LogP contribution >= 0.6 is 0 Å². The quantitative estimate of drug-likeness (QED) is 0.621. The van der Waals surface area contributed by atoms with E-state index >= 15 is 0 Å². The number of nitrogens with one attached hydrogen (secondary N) is 1. The first kappa shape index (κ1) is 12.1. The lowest BCUT2D eigenvalue weighted by atomic mass is 10.2. The molecule has 0 saturated heterocycles. The van der Waals surface area contributed by atoms with E-state index in [1.54, 1.807) is 24.3 Å². The second-order valence-corrected chi connectivity index (χ2v) is 3.59. The summed E-state index contributed by atoms with van der Waals surface area (Å²) < 4.78 is 5.07. The molecule has 84 valence electrons. The third kappa shape index (κ3) is 3.66. The van der Waals surface area contributed by atoms with E-state index in [-0.39, 0.29) is 12.1 Å². The van der Waals surface area contributed by atoms with Crippen LogP contribution in [0, 0.1) is 12.3 Å². The molecule has 3 nitrogen and oxygen atoms in total. The van der Waals surface area contributed by atoms with E-state index in [2.05, 4.69) is 11.2 Å². The molecule has 1 aromatic rings. The van der Waals surface area contributed by atoms with Crippen LogP contribution in [-0.4, -0.2) is 18.6 Å². The number of rotatable bonds is 4. The number of benzene rings is 1. The zero-order chi connectivity index (χ0) is 12.0. The molecule has 0 spiro atoms. The predicted molar refractivity (Wildman–Crippen MR) is 64.3 cm³/mol. The third-order valence-corrected chi connectivity index (χ3v) is 1.86. The Morgan fingerprint density at radius 1 is 1.44 bits per heavy atom. The van der Waals surface area contributed by atoms with Crippen LogP contribution in [0.5, 0.6) is 0 Å². The SMILES string of the molecule is C#CCNc1ccc(C(=O)OC(C)C)cc1. The molecule has 0 aliphatic heterocycles. The van der Waals surface area contributed by atoms with Gasteiger partial charge in [-0.05, 0) is 38.1 Å². The Morgan fingerprint density at radius 2 is 2.06 bits per heavy atom. The molecule has 0 radical (unpaired) electrons. The Morgan fingerprint density at radius 3 is 2.56 bits per heavy atom. The molecule has 0 bridgehead atoms. The molecule has 3 heteroatoms. The van der Waals surface area contributed by atoms with Gasteiger partial charge in [0.1, 0.15) is 0 Å². The van der Waals surface area contributed by atoms with Crippen LogP contribution < -0.4 is 5.32 Å². The maximum Gasteiger partial charge on any atom is 0.338 e. The van der Waals surface area contributed by atoms with Gasteiger partial charge in [-0.1, -0.05) is 5.92 Å². The predicted octanol–water partition coefficient (Wildman–Crippen LogP) is 2.30. The van der Waals surface area contributed by atoms with Crippen LogP contribution in [0.25, 0.3) is 0 Å². The zero-order valence-corrected chi connectivity index (χ0v) is 9.49. The molecule has 0 fully saturated rings. The first-order chi connectivity index (χ1) is 7.63. The fraction of sp³-hybridized carbons (Fsp3) is 0.308. The average Bonchev–Trinajstić information content (AvgIpc) is 2.26. The highest BCUT2D eigenvalue weighted by Crippen LogP contribution is 2.10. The van der Waals surface area contributed by atoms with Crippen molar-refractivity contribution in [2.75, 3.05) is 11.9 Å². The minimum atomic E-state index is -0.307. The summed E-state index contributed by atoms with van der Waals surface area (Å²) in [6, 6.07) is 7.02. The van der Waals surface area contributed by atoms with Gasteiger partial charge in [0.15, 0.2) is 0 Å². The maximum absolute atomic E-state index is 11.5. The van der Waals surface area contributed by atoms with Gasteiger partial charge in [0.05, 0.1) is 18.2 Å². The first-order valence-corrected chi connectivity index (χ1v) is 5.12. The molecular weight excluding hydrogens is 202 g/mol. The molecule has 0 amide bonds. The lowest BCUT2D eigenvalue weighted by Gasteiger charge is -2.08. The van der Waals surface area contributed by atoms with Gasteiger partial charge in [0.25, 0.3) is 0 Å². The van der Waals surface area contributed by atoms with E-state index in [1.807, 2.05) is 13.8 Å². The van der Waals surface area contributed by atoms with Crippen molar-refractivity contribution in [2.24, 2.45) is 0 Å². The van der Waals surface area contributed by atoms with Gasteiger partial charge in [0.2, 0.25) is 0 Å². The number of hydrogen-bond acceptors (Lipinski definition) is 3. The fourth-order valence-electron chi connectivity index (χ4n) is 1.16. The van der Waals surface area contributed by atoms with Crippen molar-refractivity contribution in [3.63, 3.8) is 0 Å². The third-order valence-electron chi connectivity index (χ3n) is 1.86. The van der Waals surface area contributed by atoms with Gasteiger partial charge in [-0.15, -0.1) is 6.42 Å². The normalized spacial score (nSPS) is 9.62. The lowest BCUT2D eigenvalue weighted by Crippen LogP contribution is -2.11. The van der Waals surface area contributed by atoms with Crippen molar-refractivity contribution in [1.29, 1.82) is 0 Å². The number of esters is 1. The molecule has 0 saturated carbocycles. The van der Waals surface area contributed by atoms with Crippen LogP contribution in [0.2, 0.25) is 0 Å². The van der Waals surface area contributed by atoms with E-state index in [9.17, 15) is 4.79 Å². The second-order valence-electron chi connectivity index (χ2n) is 3.59. The van der Waals surface area contributed by atoms with E-state index in [1.165, 1.54) is 0 Å². The standard InChI is InChI=1S/C13H15NO2/c1-4-9-14-12-7-5-11(6-8-12)13(15)16-10(2)3/h1,5-8,10,14H,9H2,2-3H3. The summed E-state index contributed by atoms with van der Waals surface area (Å²) in [5, 5.41) is 3.01. The van der Waals surface area contributed by atoms with Crippen molar-refractivity contribution in [3.05, 3.63) is 29.8 Å². The molecule has 1 aromatic carbocycles. The van der Waals surface area contributed by atoms with Crippen LogP contribution in [-0.2, 0) is 4.74 Å². The summed E-state index contributed by atoms with van der Waals surface area (Å²) in [6.45, 7) is 4.11. The molecule has 0 aromatic heterocycles. The summed E-state index contributed by atoms with van der Waals surface area (Å²) >= 11 is 0. The topological polar surface area (TPSA) is 38.3 Å². The van der Waals surface area contributed by atoms with E-state index in [4.69, 9.17) is 11.2 Å². The van der Waals surface area contributed by atoms with Crippen LogP contribution in [0.4, 0.5) is 5.69 Å². The highest BCUT2D eigenvalue weighted by Gasteiger charge is 2.08. The fourth-order valence-corrected chi connectivity index (χ4v) is 1.16. The molecule has 0 aliphatic carbocycles. The van der Waals surface area contributed by atoms with E-state index in [0.29, 0.717) is 12.1 Å².